The minimum absolute atomic E-state index is 0.129. The summed E-state index contributed by atoms with van der Waals surface area (Å²) >= 11 is 0. The van der Waals surface area contributed by atoms with Gasteiger partial charge in [-0.15, -0.1) is 0 Å². The van der Waals surface area contributed by atoms with E-state index >= 15 is 0 Å². The molecule has 0 unspecified atom stereocenters. The van der Waals surface area contributed by atoms with Crippen molar-refractivity contribution in [1.82, 2.24) is 4.57 Å². The second-order valence-electron chi connectivity index (χ2n) is 9.37. The maximum Gasteiger partial charge on any atom is 0.194 e. The number of phenolic OH excluding ortho intramolecular Hbond substituents is 1. The fourth-order valence-corrected chi connectivity index (χ4v) is 4.20. The first-order valence-corrected chi connectivity index (χ1v) is 11.3. The summed E-state index contributed by atoms with van der Waals surface area (Å²) in [6, 6.07) is 4.87. The number of nitrogens with zero attached hydrogens (tertiary/aromatic N) is 1. The highest BCUT2D eigenvalue weighted by Gasteiger charge is 2.28. The highest BCUT2D eigenvalue weighted by Crippen LogP contribution is 2.40. The molecular weight excluding hydrogens is 374 g/mol. The monoisotopic (exact) mass is 405 g/mol. The molecule has 1 heterocycles. The van der Waals surface area contributed by atoms with Gasteiger partial charge in [0.1, 0.15) is 10.8 Å². The molecule has 0 aliphatic heterocycles. The smallest absolute Gasteiger partial charge is 0.194 e. The number of hydrogen-bond donors (Lipinski definition) is 1. The van der Waals surface area contributed by atoms with Crippen LogP contribution in [0.5, 0.6) is 5.75 Å². The Balaban J connectivity index is 2.72. The number of ketones is 1. The lowest BCUT2D eigenvalue weighted by atomic mass is 9.78. The van der Waals surface area contributed by atoms with Crippen LogP contribution in [-0.4, -0.2) is 30.1 Å². The number of aromatic hydroxyl groups is 1. The van der Waals surface area contributed by atoms with Crippen LogP contribution in [0, 0.1) is 0 Å². The summed E-state index contributed by atoms with van der Waals surface area (Å²) in [5.41, 5.74) is 1.46. The van der Waals surface area contributed by atoms with Crippen LogP contribution >= 0.6 is 0 Å². The van der Waals surface area contributed by atoms with Crippen molar-refractivity contribution in [3.8, 4) is 5.75 Å². The van der Waals surface area contributed by atoms with E-state index in [4.69, 9.17) is 0 Å². The van der Waals surface area contributed by atoms with Gasteiger partial charge in [0.2, 0.25) is 0 Å². The molecule has 2 rings (SSSR count). The fourth-order valence-electron chi connectivity index (χ4n) is 3.25. The van der Waals surface area contributed by atoms with Crippen LogP contribution in [0.4, 0.5) is 0 Å². The van der Waals surface area contributed by atoms with Gasteiger partial charge in [-0.2, -0.15) is 0 Å². The Bertz CT molecular complexity index is 981. The van der Waals surface area contributed by atoms with Gasteiger partial charge in [0, 0.05) is 41.3 Å². The molecule has 1 N–H and O–H groups in total. The van der Waals surface area contributed by atoms with Gasteiger partial charge in [-0.25, -0.2) is 8.42 Å². The Labute approximate surface area is 168 Å². The van der Waals surface area contributed by atoms with Crippen molar-refractivity contribution in [2.45, 2.75) is 70.9 Å². The second kappa shape index (κ2) is 7.07. The molecule has 0 fully saturated rings. The number of phenols is 1. The van der Waals surface area contributed by atoms with Crippen molar-refractivity contribution >= 4 is 15.6 Å². The first kappa shape index (κ1) is 22.2. The lowest BCUT2D eigenvalue weighted by molar-refractivity contribution is 0.103. The third-order valence-corrected chi connectivity index (χ3v) is 5.94. The van der Waals surface area contributed by atoms with Gasteiger partial charge >= 0.3 is 0 Å². The zero-order chi connectivity index (χ0) is 21.7. The molecule has 0 saturated heterocycles. The Morgan fingerprint density at radius 2 is 1.43 bits per heavy atom. The van der Waals surface area contributed by atoms with E-state index in [0.29, 0.717) is 28.8 Å². The van der Waals surface area contributed by atoms with E-state index in [1.165, 1.54) is 6.07 Å². The minimum Gasteiger partial charge on any atom is -0.507 e. The van der Waals surface area contributed by atoms with Gasteiger partial charge in [0.15, 0.2) is 15.6 Å². The average Bonchev–Trinajstić information content (AvgIpc) is 2.96. The molecular formula is C22H31NO4S. The molecule has 1 aromatic carbocycles. The van der Waals surface area contributed by atoms with E-state index in [0.717, 1.165) is 6.26 Å². The second-order valence-corrected chi connectivity index (χ2v) is 11.3. The van der Waals surface area contributed by atoms with Gasteiger partial charge in [-0.05, 0) is 36.0 Å². The van der Waals surface area contributed by atoms with Crippen LogP contribution < -0.4 is 0 Å². The van der Waals surface area contributed by atoms with Gasteiger partial charge in [-0.1, -0.05) is 41.5 Å². The number of hydrogen-bond acceptors (Lipinski definition) is 4. The van der Waals surface area contributed by atoms with Crippen molar-refractivity contribution in [2.24, 2.45) is 0 Å². The van der Waals surface area contributed by atoms with Crippen LogP contribution in [0.15, 0.2) is 29.4 Å². The lowest BCUT2D eigenvalue weighted by Crippen LogP contribution is -2.19. The highest BCUT2D eigenvalue weighted by atomic mass is 32.2. The third kappa shape index (κ3) is 4.32. The number of aromatic nitrogens is 1. The molecule has 0 bridgehead atoms. The summed E-state index contributed by atoms with van der Waals surface area (Å²) in [4.78, 5) is 13.2. The summed E-state index contributed by atoms with van der Waals surface area (Å²) in [7, 11) is -3.44. The number of carbonyl (C=O) groups excluding carboxylic acids is 1. The van der Waals surface area contributed by atoms with Crippen molar-refractivity contribution < 1.29 is 18.3 Å². The van der Waals surface area contributed by atoms with Crippen molar-refractivity contribution in [1.29, 1.82) is 0 Å². The lowest BCUT2D eigenvalue weighted by Gasteiger charge is -2.28. The molecule has 28 heavy (non-hydrogen) atoms. The predicted octanol–water partition coefficient (Wildman–Crippen LogP) is 4.44. The largest absolute Gasteiger partial charge is 0.507 e. The Kier molecular flexibility index (Phi) is 5.61. The van der Waals surface area contributed by atoms with Crippen molar-refractivity contribution in [2.75, 3.05) is 6.26 Å². The molecule has 2 aromatic rings. The van der Waals surface area contributed by atoms with E-state index < -0.39 is 9.84 Å². The number of aryl methyl sites for hydroxylation is 1. The van der Waals surface area contributed by atoms with Gasteiger partial charge in [0.05, 0.1) is 0 Å². The average molecular weight is 406 g/mol. The molecule has 0 amide bonds. The highest BCUT2D eigenvalue weighted by molar-refractivity contribution is 7.90. The van der Waals surface area contributed by atoms with Crippen LogP contribution in [0.1, 0.15) is 75.5 Å². The first-order valence-electron chi connectivity index (χ1n) is 9.40. The van der Waals surface area contributed by atoms with Crippen molar-refractivity contribution in [3.63, 3.8) is 0 Å². The molecule has 0 spiro atoms. The molecule has 0 atom stereocenters. The summed E-state index contributed by atoms with van der Waals surface area (Å²) < 4.78 is 25.6. The number of rotatable bonds is 4. The molecule has 5 nitrogen and oxygen atoms in total. The van der Waals surface area contributed by atoms with E-state index in [9.17, 15) is 18.3 Å². The Morgan fingerprint density at radius 1 is 0.964 bits per heavy atom. The Hall–Kier alpha value is -2.08. The van der Waals surface area contributed by atoms with Gasteiger partial charge in [-0.3, -0.25) is 4.79 Å². The van der Waals surface area contributed by atoms with E-state index in [1.54, 1.807) is 22.9 Å². The third-order valence-electron chi connectivity index (χ3n) is 4.83. The van der Waals surface area contributed by atoms with Crippen molar-refractivity contribution in [3.05, 3.63) is 46.6 Å². The van der Waals surface area contributed by atoms with Crippen LogP contribution in [0.2, 0.25) is 0 Å². The molecule has 0 aliphatic carbocycles. The first-order chi connectivity index (χ1) is 12.6. The van der Waals surface area contributed by atoms with Gasteiger partial charge in [0.25, 0.3) is 0 Å². The van der Waals surface area contributed by atoms with E-state index in [1.807, 2.05) is 48.5 Å². The molecule has 0 aliphatic rings. The summed E-state index contributed by atoms with van der Waals surface area (Å²) in [5.74, 6) is -0.0485. The van der Waals surface area contributed by atoms with E-state index in [2.05, 4.69) is 0 Å². The van der Waals surface area contributed by atoms with Crippen LogP contribution in [0.25, 0.3) is 0 Å². The van der Waals surface area contributed by atoms with Crippen LogP contribution in [-0.2, 0) is 27.2 Å². The van der Waals surface area contributed by atoms with Gasteiger partial charge < -0.3 is 9.67 Å². The number of sulfone groups is 1. The Morgan fingerprint density at radius 3 is 1.75 bits per heavy atom. The molecule has 0 radical (unpaired) electrons. The SMILES string of the molecule is CCn1cc(C(=O)c2cc(C(C)(C)C)c(O)c(C(C)(C)C)c2)cc1S(C)(=O)=O. The minimum atomic E-state index is -3.44. The standard InChI is InChI=1S/C22H31NO4S/c1-9-23-13-15(12-18(23)28(8,26)27)19(24)14-10-16(21(2,3)4)20(25)17(11-14)22(5,6)7/h10-13,25H,9H2,1-8H3. The summed E-state index contributed by atoms with van der Waals surface area (Å²) in [6.07, 6.45) is 2.72. The fraction of sp³-hybridized carbons (Fsp3) is 0.500. The van der Waals surface area contributed by atoms with Crippen LogP contribution in [0.3, 0.4) is 0 Å². The summed E-state index contributed by atoms with van der Waals surface area (Å²) in [5, 5.41) is 11.0. The number of carbonyl (C=O) groups is 1. The zero-order valence-corrected chi connectivity index (χ0v) is 18.9. The molecule has 154 valence electrons. The number of benzene rings is 1. The zero-order valence-electron chi connectivity index (χ0n) is 18.0. The normalized spacial score (nSPS) is 13.0. The maximum atomic E-state index is 13.2. The quantitative estimate of drug-likeness (QED) is 0.763. The molecule has 0 saturated carbocycles. The summed E-state index contributed by atoms with van der Waals surface area (Å²) in [6.45, 7) is 14.2. The maximum absolute atomic E-state index is 13.2. The van der Waals surface area contributed by atoms with E-state index in [-0.39, 0.29) is 27.4 Å². The topological polar surface area (TPSA) is 76.4 Å². The molecule has 1 aromatic heterocycles. The predicted molar refractivity (Wildman–Crippen MR) is 112 cm³/mol. The molecule has 6 heteroatoms.